The van der Waals surface area contributed by atoms with Gasteiger partial charge in [0.15, 0.2) is 0 Å². The number of ether oxygens (including phenoxy) is 1. The number of carboxylic acids is 1. The second-order valence-electron chi connectivity index (χ2n) is 5.48. The molecule has 0 aliphatic heterocycles. The maximum atomic E-state index is 11.6. The van der Waals surface area contributed by atoms with Crippen molar-refractivity contribution in [3.05, 3.63) is 83.4 Å². The Bertz CT molecular complexity index is 782. The lowest BCUT2D eigenvalue weighted by Crippen LogP contribution is -2.24. The first-order valence-corrected chi connectivity index (χ1v) is 8.26. The zero-order valence-corrected chi connectivity index (χ0v) is 14.3. The van der Waals surface area contributed by atoms with Gasteiger partial charge in [0, 0.05) is 12.6 Å². The van der Waals surface area contributed by atoms with E-state index >= 15 is 0 Å². The van der Waals surface area contributed by atoms with Crippen LogP contribution in [0.2, 0.25) is 0 Å². The van der Waals surface area contributed by atoms with E-state index in [0.29, 0.717) is 13.0 Å². The van der Waals surface area contributed by atoms with Gasteiger partial charge in [0.25, 0.3) is 0 Å². The zero-order valence-electron chi connectivity index (χ0n) is 14.3. The average Bonchev–Trinajstić information content (AvgIpc) is 2.66. The molecule has 0 bridgehead atoms. The Kier molecular flexibility index (Phi) is 7.68. The van der Waals surface area contributed by atoms with Crippen molar-refractivity contribution in [3.8, 4) is 0 Å². The van der Waals surface area contributed by atoms with Crippen molar-refractivity contribution in [2.45, 2.75) is 13.0 Å². The summed E-state index contributed by atoms with van der Waals surface area (Å²) in [6.45, 7) is 0.697. The highest BCUT2D eigenvalue weighted by molar-refractivity contribution is 5.86. The van der Waals surface area contributed by atoms with Crippen LogP contribution in [-0.2, 0) is 16.1 Å². The van der Waals surface area contributed by atoms with Gasteiger partial charge in [-0.3, -0.25) is 0 Å². The number of carboxylic acid groups (broad SMARTS) is 1. The van der Waals surface area contributed by atoms with E-state index in [9.17, 15) is 9.59 Å². The molecule has 0 aliphatic carbocycles. The molecule has 134 valence electrons. The van der Waals surface area contributed by atoms with Crippen molar-refractivity contribution < 1.29 is 19.4 Å². The summed E-state index contributed by atoms with van der Waals surface area (Å²) >= 11 is 0. The number of hydrogen-bond donors (Lipinski definition) is 2. The van der Waals surface area contributed by atoms with E-state index in [1.807, 2.05) is 66.7 Å². The minimum atomic E-state index is -0.984. The summed E-state index contributed by atoms with van der Waals surface area (Å²) in [6, 6.07) is 17.0. The maximum Gasteiger partial charge on any atom is 0.407 e. The summed E-state index contributed by atoms with van der Waals surface area (Å²) in [4.78, 5) is 22.3. The third kappa shape index (κ3) is 7.05. The summed E-state index contributed by atoms with van der Waals surface area (Å²) < 4.78 is 5.13. The molecule has 2 rings (SSSR count). The molecule has 0 radical (unpaired) electrons. The smallest absolute Gasteiger partial charge is 0.407 e. The predicted molar refractivity (Wildman–Crippen MR) is 101 cm³/mol. The molecule has 0 aromatic heterocycles. The third-order valence-corrected chi connectivity index (χ3v) is 3.49. The normalized spacial score (nSPS) is 10.9. The van der Waals surface area contributed by atoms with E-state index in [0.717, 1.165) is 22.8 Å². The average molecular weight is 351 g/mol. The molecular weight excluding hydrogens is 330 g/mol. The fourth-order valence-corrected chi connectivity index (χ4v) is 2.22. The summed E-state index contributed by atoms with van der Waals surface area (Å²) in [7, 11) is 0. The molecule has 2 aromatic carbocycles. The van der Waals surface area contributed by atoms with Gasteiger partial charge in [-0.15, -0.1) is 0 Å². The number of amides is 1. The topological polar surface area (TPSA) is 75.6 Å². The van der Waals surface area contributed by atoms with Gasteiger partial charge >= 0.3 is 12.1 Å². The molecule has 5 nitrogen and oxygen atoms in total. The van der Waals surface area contributed by atoms with Crippen molar-refractivity contribution in [3.63, 3.8) is 0 Å². The number of nitrogens with one attached hydrogen (secondary N) is 1. The van der Waals surface area contributed by atoms with Crippen molar-refractivity contribution in [1.29, 1.82) is 0 Å². The standard InChI is InChI=1S/C21H21NO4/c23-20(24)14-13-19-11-5-4-10-18(19)12-6-7-15-22-21(25)26-16-17-8-2-1-3-9-17/h1-6,8-14H,7,15-16H2,(H,22,25)(H,23,24)/b12-6?,14-13+. The summed E-state index contributed by atoms with van der Waals surface area (Å²) in [6.07, 6.45) is 6.67. The van der Waals surface area contributed by atoms with E-state index in [2.05, 4.69) is 5.32 Å². The van der Waals surface area contributed by atoms with Crippen LogP contribution in [0.5, 0.6) is 0 Å². The van der Waals surface area contributed by atoms with Crippen LogP contribution >= 0.6 is 0 Å². The van der Waals surface area contributed by atoms with Crippen molar-refractivity contribution in [2.24, 2.45) is 0 Å². The number of aliphatic carboxylic acids is 1. The first kappa shape index (κ1) is 19.0. The van der Waals surface area contributed by atoms with Gasteiger partial charge in [0.2, 0.25) is 0 Å². The minimum absolute atomic E-state index is 0.242. The van der Waals surface area contributed by atoms with Crippen molar-refractivity contribution >= 4 is 24.2 Å². The quantitative estimate of drug-likeness (QED) is 0.554. The Morgan fingerprint density at radius 1 is 0.962 bits per heavy atom. The number of benzene rings is 2. The van der Waals surface area contributed by atoms with Crippen LogP contribution in [0, 0.1) is 0 Å². The van der Waals surface area contributed by atoms with Crippen LogP contribution in [0.1, 0.15) is 23.1 Å². The van der Waals surface area contributed by atoms with Crippen LogP contribution < -0.4 is 5.32 Å². The SMILES string of the molecule is O=C(O)/C=C/c1ccccc1C=CCCNC(=O)OCc1ccccc1. The fraction of sp³-hybridized carbons (Fsp3) is 0.143. The van der Waals surface area contributed by atoms with Gasteiger partial charge in [-0.1, -0.05) is 66.7 Å². The molecule has 0 heterocycles. The number of hydrogen-bond acceptors (Lipinski definition) is 3. The molecule has 0 unspecified atom stereocenters. The lowest BCUT2D eigenvalue weighted by Gasteiger charge is -2.06. The summed E-state index contributed by atoms with van der Waals surface area (Å²) in [5.41, 5.74) is 2.67. The fourth-order valence-electron chi connectivity index (χ4n) is 2.22. The predicted octanol–water partition coefficient (Wildman–Crippen LogP) is 4.11. The molecule has 0 fully saturated rings. The van der Waals surface area contributed by atoms with Gasteiger partial charge < -0.3 is 15.2 Å². The molecule has 0 aliphatic rings. The molecule has 0 saturated heterocycles. The Hall–Kier alpha value is -3.34. The van der Waals surface area contributed by atoms with E-state index in [-0.39, 0.29) is 6.61 Å². The molecule has 0 saturated carbocycles. The molecule has 26 heavy (non-hydrogen) atoms. The van der Waals surface area contributed by atoms with Gasteiger partial charge in [-0.2, -0.15) is 0 Å². The first-order chi connectivity index (χ1) is 12.6. The van der Waals surface area contributed by atoms with Crippen LogP contribution in [0.4, 0.5) is 4.79 Å². The Labute approximate surface area is 152 Å². The maximum absolute atomic E-state index is 11.6. The Morgan fingerprint density at radius 3 is 2.31 bits per heavy atom. The molecule has 2 N–H and O–H groups in total. The van der Waals surface area contributed by atoms with Crippen LogP contribution in [-0.4, -0.2) is 23.7 Å². The molecular formula is C21H21NO4. The number of carbonyl (C=O) groups is 2. The van der Waals surface area contributed by atoms with E-state index in [4.69, 9.17) is 9.84 Å². The Morgan fingerprint density at radius 2 is 1.62 bits per heavy atom. The van der Waals surface area contributed by atoms with E-state index in [1.54, 1.807) is 6.08 Å². The number of alkyl carbamates (subject to hydrolysis) is 1. The van der Waals surface area contributed by atoms with E-state index in [1.165, 1.54) is 0 Å². The molecule has 1 amide bonds. The monoisotopic (exact) mass is 351 g/mol. The summed E-state index contributed by atoms with van der Waals surface area (Å²) in [5, 5.41) is 11.4. The minimum Gasteiger partial charge on any atom is -0.478 e. The first-order valence-electron chi connectivity index (χ1n) is 8.26. The van der Waals surface area contributed by atoms with Gasteiger partial charge in [-0.25, -0.2) is 9.59 Å². The van der Waals surface area contributed by atoms with Crippen molar-refractivity contribution in [2.75, 3.05) is 6.54 Å². The molecule has 0 atom stereocenters. The molecule has 0 spiro atoms. The van der Waals surface area contributed by atoms with Gasteiger partial charge in [0.05, 0.1) is 0 Å². The van der Waals surface area contributed by atoms with Gasteiger partial charge in [0.1, 0.15) is 6.61 Å². The number of carbonyl (C=O) groups excluding carboxylic acids is 1. The van der Waals surface area contributed by atoms with E-state index < -0.39 is 12.1 Å². The number of rotatable bonds is 8. The zero-order chi connectivity index (χ0) is 18.6. The second kappa shape index (κ2) is 10.5. The second-order valence-corrected chi connectivity index (χ2v) is 5.48. The van der Waals surface area contributed by atoms with Crippen LogP contribution in [0.25, 0.3) is 12.2 Å². The largest absolute Gasteiger partial charge is 0.478 e. The Balaban J connectivity index is 1.74. The highest BCUT2D eigenvalue weighted by Crippen LogP contribution is 2.13. The van der Waals surface area contributed by atoms with Gasteiger partial charge in [-0.05, 0) is 29.2 Å². The highest BCUT2D eigenvalue weighted by Gasteiger charge is 2.01. The van der Waals surface area contributed by atoms with Crippen LogP contribution in [0.3, 0.4) is 0 Å². The highest BCUT2D eigenvalue weighted by atomic mass is 16.5. The molecule has 2 aromatic rings. The lowest BCUT2D eigenvalue weighted by atomic mass is 10.1. The third-order valence-electron chi connectivity index (χ3n) is 3.49. The van der Waals surface area contributed by atoms with Crippen LogP contribution in [0.15, 0.2) is 66.7 Å². The lowest BCUT2D eigenvalue weighted by molar-refractivity contribution is -0.131. The van der Waals surface area contributed by atoms with Crippen molar-refractivity contribution in [1.82, 2.24) is 5.32 Å². The summed E-state index contributed by atoms with van der Waals surface area (Å²) in [5.74, 6) is -0.984. The molecule has 5 heteroatoms.